The van der Waals surface area contributed by atoms with Crippen LogP contribution in [0.15, 0.2) is 11.1 Å². The summed E-state index contributed by atoms with van der Waals surface area (Å²) >= 11 is 0. The van der Waals surface area contributed by atoms with Gasteiger partial charge in [0.25, 0.3) is 0 Å². The van der Waals surface area contributed by atoms with E-state index < -0.39 is 6.10 Å². The van der Waals surface area contributed by atoms with Gasteiger partial charge < -0.3 is 14.9 Å². The molecule has 6 rings (SSSR count). The molecule has 1 aliphatic heterocycles. The highest BCUT2D eigenvalue weighted by Gasteiger charge is 2.76. The average molecular weight is 443 g/mol. The van der Waals surface area contributed by atoms with Gasteiger partial charge in [-0.1, -0.05) is 53.0 Å². The summed E-state index contributed by atoms with van der Waals surface area (Å²) in [7, 11) is 0. The summed E-state index contributed by atoms with van der Waals surface area (Å²) in [6.07, 6.45) is 11.0. The second-order valence-corrected chi connectivity index (χ2v) is 13.7. The molecule has 32 heavy (non-hydrogen) atoms. The highest BCUT2D eigenvalue weighted by molar-refractivity contribution is 5.45. The van der Waals surface area contributed by atoms with Crippen LogP contribution in [0.1, 0.15) is 98.8 Å². The molecule has 12 atom stereocenters. The van der Waals surface area contributed by atoms with Gasteiger partial charge in [0.15, 0.2) is 0 Å². The summed E-state index contributed by atoms with van der Waals surface area (Å²) < 4.78 is 6.35. The molecule has 3 nitrogen and oxygen atoms in total. The Morgan fingerprint density at radius 2 is 1.75 bits per heavy atom. The molecular weight excluding hydrogens is 396 g/mol. The van der Waals surface area contributed by atoms with Crippen molar-refractivity contribution in [2.75, 3.05) is 0 Å². The van der Waals surface area contributed by atoms with E-state index in [2.05, 4.69) is 34.6 Å². The third-order valence-corrected chi connectivity index (χ3v) is 12.2. The van der Waals surface area contributed by atoms with Crippen molar-refractivity contribution in [2.24, 2.45) is 46.3 Å². The van der Waals surface area contributed by atoms with Gasteiger partial charge in [0.05, 0.1) is 6.10 Å². The molecule has 4 fully saturated rings. The van der Waals surface area contributed by atoms with Gasteiger partial charge >= 0.3 is 0 Å². The molecule has 0 bridgehead atoms. The van der Waals surface area contributed by atoms with Crippen molar-refractivity contribution in [2.45, 2.75) is 123 Å². The van der Waals surface area contributed by atoms with Crippen LogP contribution in [-0.2, 0) is 4.74 Å². The lowest BCUT2D eigenvalue weighted by Crippen LogP contribution is -2.55. The maximum atomic E-state index is 11.5. The van der Waals surface area contributed by atoms with E-state index in [1.807, 2.05) is 0 Å². The highest BCUT2D eigenvalue weighted by atomic mass is 16.6. The lowest BCUT2D eigenvalue weighted by atomic mass is 9.49. The lowest BCUT2D eigenvalue weighted by Gasteiger charge is -2.54. The minimum Gasteiger partial charge on any atom is -0.393 e. The van der Waals surface area contributed by atoms with Crippen molar-refractivity contribution in [1.82, 2.24) is 0 Å². The van der Waals surface area contributed by atoms with E-state index in [1.54, 1.807) is 0 Å². The number of epoxide rings is 1. The van der Waals surface area contributed by atoms with Crippen molar-refractivity contribution in [3.63, 3.8) is 0 Å². The largest absolute Gasteiger partial charge is 0.393 e. The minimum atomic E-state index is -0.446. The van der Waals surface area contributed by atoms with Crippen molar-refractivity contribution < 1.29 is 14.9 Å². The SMILES string of the molecule is C[C@H](CC[C@@H](C)[C@@H]1CC[C@@H]2C3=C(CC[C@@]21C)[C@@]1(C)CC[C@H](O)C[C@@]12O[C@H]2[C@H]3O)[C@@H]1C[C@H]1C. The first-order chi connectivity index (χ1) is 15.1. The Balaban J connectivity index is 1.24. The fraction of sp³-hybridized carbons (Fsp3) is 0.931. The lowest BCUT2D eigenvalue weighted by molar-refractivity contribution is -0.00164. The van der Waals surface area contributed by atoms with E-state index in [1.165, 1.54) is 49.7 Å². The van der Waals surface area contributed by atoms with Crippen LogP contribution in [0.25, 0.3) is 0 Å². The normalized spacial score (nSPS) is 55.4. The first-order valence-corrected chi connectivity index (χ1v) is 13.9. The van der Waals surface area contributed by atoms with Gasteiger partial charge in [-0.05, 0) is 91.4 Å². The van der Waals surface area contributed by atoms with E-state index in [-0.39, 0.29) is 23.2 Å². The Bertz CT molecular complexity index is 819. The van der Waals surface area contributed by atoms with Gasteiger partial charge in [0.1, 0.15) is 17.8 Å². The predicted octanol–water partition coefficient (Wildman–Crippen LogP) is 5.88. The Kier molecular flexibility index (Phi) is 4.89. The van der Waals surface area contributed by atoms with Crippen molar-refractivity contribution >= 4 is 0 Å². The summed E-state index contributed by atoms with van der Waals surface area (Å²) in [5, 5.41) is 21.9. The van der Waals surface area contributed by atoms with Crippen molar-refractivity contribution in [3.8, 4) is 0 Å². The smallest absolute Gasteiger partial charge is 0.118 e. The zero-order chi connectivity index (χ0) is 22.6. The number of rotatable bonds is 5. The number of hydrogen-bond donors (Lipinski definition) is 2. The Hall–Kier alpha value is -0.380. The molecule has 1 heterocycles. The minimum absolute atomic E-state index is 0.0207. The summed E-state index contributed by atoms with van der Waals surface area (Å²) in [6, 6.07) is 0. The molecule has 3 heteroatoms. The van der Waals surface area contributed by atoms with Crippen LogP contribution in [0.4, 0.5) is 0 Å². The van der Waals surface area contributed by atoms with E-state index in [4.69, 9.17) is 4.74 Å². The number of fused-ring (bicyclic) bond motifs is 3. The van der Waals surface area contributed by atoms with Gasteiger partial charge in [0, 0.05) is 11.8 Å². The maximum absolute atomic E-state index is 11.5. The van der Waals surface area contributed by atoms with Crippen LogP contribution in [0.2, 0.25) is 0 Å². The van der Waals surface area contributed by atoms with Gasteiger partial charge in [-0.25, -0.2) is 0 Å². The van der Waals surface area contributed by atoms with E-state index >= 15 is 0 Å². The molecular formula is C29H46O3. The Morgan fingerprint density at radius 1 is 1.03 bits per heavy atom. The molecule has 0 radical (unpaired) electrons. The number of aliphatic hydroxyl groups is 2. The molecule has 3 saturated carbocycles. The van der Waals surface area contributed by atoms with E-state index in [0.717, 1.165) is 48.9 Å². The highest BCUT2D eigenvalue weighted by Crippen LogP contribution is 2.72. The van der Waals surface area contributed by atoms with E-state index in [0.29, 0.717) is 17.8 Å². The molecule has 0 aromatic heterocycles. The standard InChI is InChI=1S/C29H46O3/c1-16(20-14-18(20)3)6-7-17(2)21-8-9-22-24-23(11-12-27(21,22)4)28(5)13-10-19(30)15-29(28)26(32-29)25(24)31/h16-22,25-26,30-31H,6-15H2,1-5H3/t16-,17-,18-,19+,20+,21+,22-,25+,26+,27-,28-,29+/m1/s1. The molecule has 0 aromatic carbocycles. The summed E-state index contributed by atoms with van der Waals surface area (Å²) in [5.41, 5.74) is 2.99. The monoisotopic (exact) mass is 442 g/mol. The zero-order valence-electron chi connectivity index (χ0n) is 21.1. The van der Waals surface area contributed by atoms with Gasteiger partial charge in [-0.15, -0.1) is 0 Å². The van der Waals surface area contributed by atoms with Crippen LogP contribution in [0.3, 0.4) is 0 Å². The van der Waals surface area contributed by atoms with Crippen LogP contribution in [0.5, 0.6) is 0 Å². The number of ether oxygens (including phenoxy) is 1. The fourth-order valence-corrected chi connectivity index (χ4v) is 9.92. The van der Waals surface area contributed by atoms with Gasteiger partial charge in [-0.2, -0.15) is 0 Å². The van der Waals surface area contributed by atoms with Crippen molar-refractivity contribution in [1.29, 1.82) is 0 Å². The van der Waals surface area contributed by atoms with Crippen molar-refractivity contribution in [3.05, 3.63) is 11.1 Å². The topological polar surface area (TPSA) is 53.0 Å². The van der Waals surface area contributed by atoms with Crippen LogP contribution in [-0.4, -0.2) is 34.1 Å². The first kappa shape index (κ1) is 22.1. The van der Waals surface area contributed by atoms with E-state index in [9.17, 15) is 10.2 Å². The summed E-state index contributed by atoms with van der Waals surface area (Å²) in [4.78, 5) is 0. The Labute approximate surface area is 195 Å². The number of aliphatic hydroxyl groups excluding tert-OH is 2. The van der Waals surface area contributed by atoms with Gasteiger partial charge in [0.2, 0.25) is 0 Å². The molecule has 1 spiro atoms. The zero-order valence-corrected chi connectivity index (χ0v) is 21.1. The molecule has 180 valence electrons. The first-order valence-electron chi connectivity index (χ1n) is 13.9. The predicted molar refractivity (Wildman–Crippen MR) is 127 cm³/mol. The number of hydrogen-bond acceptors (Lipinski definition) is 3. The second-order valence-electron chi connectivity index (χ2n) is 13.7. The second kappa shape index (κ2) is 7.08. The van der Waals surface area contributed by atoms with Crippen LogP contribution in [0, 0.1) is 46.3 Å². The fourth-order valence-electron chi connectivity index (χ4n) is 9.92. The molecule has 0 amide bonds. The molecule has 0 unspecified atom stereocenters. The molecule has 0 aromatic rings. The Morgan fingerprint density at radius 3 is 2.47 bits per heavy atom. The van der Waals surface area contributed by atoms with Gasteiger partial charge in [-0.3, -0.25) is 0 Å². The molecule has 2 N–H and O–H groups in total. The third-order valence-electron chi connectivity index (χ3n) is 12.2. The van der Waals surface area contributed by atoms with Crippen LogP contribution >= 0.6 is 0 Å². The quantitative estimate of drug-likeness (QED) is 0.413. The third kappa shape index (κ3) is 2.83. The average Bonchev–Trinajstić information content (AvgIpc) is 3.63. The molecule has 6 aliphatic rings. The summed E-state index contributed by atoms with van der Waals surface area (Å²) in [6.45, 7) is 12.4. The maximum Gasteiger partial charge on any atom is 0.118 e. The molecule has 5 aliphatic carbocycles. The summed E-state index contributed by atoms with van der Waals surface area (Å²) in [5.74, 6) is 4.93. The van der Waals surface area contributed by atoms with Crippen LogP contribution < -0.4 is 0 Å². The molecule has 1 saturated heterocycles.